The predicted molar refractivity (Wildman–Crippen MR) is 152 cm³/mol. The maximum atomic E-state index is 6.01. The minimum absolute atomic E-state index is 0.613. The Labute approximate surface area is 226 Å². The highest BCUT2D eigenvalue weighted by molar-refractivity contribution is 5.97. The van der Waals surface area contributed by atoms with Gasteiger partial charge in [-0.1, -0.05) is 24.3 Å². The van der Waals surface area contributed by atoms with E-state index in [-0.39, 0.29) is 0 Å². The summed E-state index contributed by atoms with van der Waals surface area (Å²) in [6.45, 7) is 3.70. The minimum atomic E-state index is 0.613. The van der Waals surface area contributed by atoms with Crippen molar-refractivity contribution in [3.05, 3.63) is 90.5 Å². The van der Waals surface area contributed by atoms with Crippen LogP contribution in [-0.4, -0.2) is 55.0 Å². The second kappa shape index (κ2) is 10.3. The first-order chi connectivity index (χ1) is 19.3. The van der Waals surface area contributed by atoms with Crippen LogP contribution in [0.4, 0.5) is 0 Å². The molecule has 4 heterocycles. The Hall–Kier alpha value is -4.56. The van der Waals surface area contributed by atoms with Crippen LogP contribution < -0.4 is 4.74 Å². The van der Waals surface area contributed by atoms with Gasteiger partial charge < -0.3 is 4.74 Å². The maximum absolute atomic E-state index is 6.01. The first-order valence-corrected chi connectivity index (χ1v) is 13.5. The molecule has 1 aliphatic heterocycles. The highest BCUT2D eigenvalue weighted by Gasteiger charge is 2.16. The summed E-state index contributed by atoms with van der Waals surface area (Å²) in [6, 6.07) is 22.9. The number of benzene rings is 3. The summed E-state index contributed by atoms with van der Waals surface area (Å²) < 4.78 is 6.01. The average molecular weight is 516 g/mol. The number of H-pyrrole nitrogens is 2. The van der Waals surface area contributed by atoms with Crippen molar-refractivity contribution in [1.29, 1.82) is 0 Å². The van der Waals surface area contributed by atoms with E-state index in [9.17, 15) is 0 Å². The van der Waals surface area contributed by atoms with Gasteiger partial charge in [0.2, 0.25) is 0 Å². The summed E-state index contributed by atoms with van der Waals surface area (Å²) in [4.78, 5) is 11.4. The van der Waals surface area contributed by atoms with Crippen molar-refractivity contribution in [3.8, 4) is 28.4 Å². The Morgan fingerprint density at radius 2 is 1.72 bits per heavy atom. The fourth-order valence-electron chi connectivity index (χ4n) is 5.31. The van der Waals surface area contributed by atoms with Crippen molar-refractivity contribution in [2.45, 2.75) is 25.8 Å². The Bertz CT molecular complexity index is 1730. The standard InChI is InChI=1S/C31H29N7O/c1-2-14-38(13-1)20-29-33-31(37-35-29)25-8-10-28-27(18-25)30(36-34-28)24-6-5-23-17-26(9-7-22(23)16-24)39-15-11-21-4-3-12-32-19-21/h3-10,12,16-19H,1-2,11,13-15,20H2,(H,34,36)(H,33,35,37). The number of pyridine rings is 1. The molecule has 194 valence electrons. The molecule has 0 unspecified atom stereocenters. The first kappa shape index (κ1) is 23.5. The molecule has 39 heavy (non-hydrogen) atoms. The predicted octanol–water partition coefficient (Wildman–Crippen LogP) is 5.78. The van der Waals surface area contributed by atoms with Crippen molar-refractivity contribution >= 4 is 21.7 Å². The van der Waals surface area contributed by atoms with Gasteiger partial charge in [-0.05, 0) is 84.7 Å². The molecular weight excluding hydrogens is 486 g/mol. The van der Waals surface area contributed by atoms with Crippen molar-refractivity contribution in [1.82, 2.24) is 35.3 Å². The monoisotopic (exact) mass is 515 g/mol. The Morgan fingerprint density at radius 1 is 0.846 bits per heavy atom. The molecule has 0 atom stereocenters. The largest absolute Gasteiger partial charge is 0.493 e. The van der Waals surface area contributed by atoms with Gasteiger partial charge in [0.05, 0.1) is 24.4 Å². The average Bonchev–Trinajstić information content (AvgIpc) is 3.75. The molecule has 1 fully saturated rings. The normalized spacial score (nSPS) is 13.9. The lowest BCUT2D eigenvalue weighted by molar-refractivity contribution is 0.322. The van der Waals surface area contributed by atoms with Crippen molar-refractivity contribution in [2.75, 3.05) is 19.7 Å². The fraction of sp³-hybridized carbons (Fsp3) is 0.226. The summed E-state index contributed by atoms with van der Waals surface area (Å²) in [5, 5.41) is 18.8. The lowest BCUT2D eigenvalue weighted by atomic mass is 10.0. The lowest BCUT2D eigenvalue weighted by Gasteiger charge is -2.11. The third-order valence-electron chi connectivity index (χ3n) is 7.39. The number of hydrogen-bond acceptors (Lipinski definition) is 6. The van der Waals surface area contributed by atoms with Gasteiger partial charge in [0.15, 0.2) is 5.82 Å². The van der Waals surface area contributed by atoms with Crippen molar-refractivity contribution in [2.24, 2.45) is 0 Å². The third kappa shape index (κ3) is 4.98. The quantitative estimate of drug-likeness (QED) is 0.267. The molecule has 8 nitrogen and oxygen atoms in total. The van der Waals surface area contributed by atoms with Crippen LogP contribution in [0.5, 0.6) is 5.75 Å². The molecule has 7 rings (SSSR count). The summed E-state index contributed by atoms with van der Waals surface area (Å²) >= 11 is 0. The number of aromatic amines is 2. The summed E-state index contributed by atoms with van der Waals surface area (Å²) in [7, 11) is 0. The van der Waals surface area contributed by atoms with Gasteiger partial charge in [-0.2, -0.15) is 10.2 Å². The zero-order chi connectivity index (χ0) is 26.0. The molecule has 0 amide bonds. The molecular formula is C31H29N7O. The highest BCUT2D eigenvalue weighted by Crippen LogP contribution is 2.32. The molecule has 8 heteroatoms. The topological polar surface area (TPSA) is 95.6 Å². The molecule has 0 spiro atoms. The number of fused-ring (bicyclic) bond motifs is 2. The zero-order valence-electron chi connectivity index (χ0n) is 21.6. The van der Waals surface area contributed by atoms with Gasteiger partial charge in [0, 0.05) is 35.3 Å². The van der Waals surface area contributed by atoms with Crippen LogP contribution in [0.2, 0.25) is 0 Å². The van der Waals surface area contributed by atoms with Crippen LogP contribution in [0.15, 0.2) is 79.1 Å². The molecule has 0 saturated carbocycles. The van der Waals surface area contributed by atoms with Gasteiger partial charge in [-0.15, -0.1) is 0 Å². The summed E-state index contributed by atoms with van der Waals surface area (Å²) in [6.07, 6.45) is 7.02. The number of ether oxygens (including phenoxy) is 1. The van der Waals surface area contributed by atoms with Crippen LogP contribution in [-0.2, 0) is 13.0 Å². The first-order valence-electron chi connectivity index (χ1n) is 13.5. The highest BCUT2D eigenvalue weighted by atomic mass is 16.5. The van der Waals surface area contributed by atoms with E-state index in [2.05, 4.69) is 72.7 Å². The molecule has 0 radical (unpaired) electrons. The van der Waals surface area contributed by atoms with E-state index in [1.54, 1.807) is 6.20 Å². The minimum Gasteiger partial charge on any atom is -0.493 e. The van der Waals surface area contributed by atoms with Gasteiger partial charge in [0.1, 0.15) is 11.6 Å². The number of nitrogens with one attached hydrogen (secondary N) is 2. The van der Waals surface area contributed by atoms with E-state index >= 15 is 0 Å². The van der Waals surface area contributed by atoms with Gasteiger partial charge in [0.25, 0.3) is 0 Å². The van der Waals surface area contributed by atoms with Gasteiger partial charge in [-0.3, -0.25) is 20.1 Å². The van der Waals surface area contributed by atoms with Gasteiger partial charge >= 0.3 is 0 Å². The molecule has 0 aliphatic carbocycles. The molecule has 3 aromatic heterocycles. The summed E-state index contributed by atoms with van der Waals surface area (Å²) in [5.74, 6) is 2.49. The van der Waals surface area contributed by atoms with E-state index < -0.39 is 0 Å². The Morgan fingerprint density at radius 3 is 2.62 bits per heavy atom. The molecule has 6 aromatic rings. The SMILES string of the molecule is c1cncc(CCOc2ccc3cc(-c4n[nH]c5ccc(-c6n[nH]c(CN7CCCC7)n6)cc45)ccc3c2)c1. The van der Waals surface area contributed by atoms with Crippen molar-refractivity contribution < 1.29 is 4.74 Å². The van der Waals surface area contributed by atoms with Crippen LogP contribution in [0.25, 0.3) is 44.3 Å². The second-order valence-electron chi connectivity index (χ2n) is 10.1. The number of nitrogens with zero attached hydrogens (tertiary/aromatic N) is 5. The number of aromatic nitrogens is 6. The third-order valence-corrected chi connectivity index (χ3v) is 7.39. The van der Waals surface area contributed by atoms with E-state index in [1.165, 1.54) is 18.4 Å². The van der Waals surface area contributed by atoms with E-state index in [0.717, 1.165) is 76.1 Å². The number of rotatable bonds is 8. The molecule has 1 aliphatic rings. The molecule has 1 saturated heterocycles. The van der Waals surface area contributed by atoms with Gasteiger partial charge in [-0.25, -0.2) is 4.98 Å². The lowest BCUT2D eigenvalue weighted by Crippen LogP contribution is -2.19. The molecule has 0 bridgehead atoms. The number of hydrogen-bond donors (Lipinski definition) is 2. The van der Waals surface area contributed by atoms with Crippen LogP contribution >= 0.6 is 0 Å². The molecule has 2 N–H and O–H groups in total. The molecule has 3 aromatic carbocycles. The second-order valence-corrected chi connectivity index (χ2v) is 10.1. The van der Waals surface area contributed by atoms with E-state index in [4.69, 9.17) is 9.72 Å². The van der Waals surface area contributed by atoms with E-state index in [1.807, 2.05) is 30.5 Å². The smallest absolute Gasteiger partial charge is 0.181 e. The Kier molecular flexibility index (Phi) is 6.22. The Balaban J connectivity index is 1.11. The summed E-state index contributed by atoms with van der Waals surface area (Å²) in [5.41, 5.74) is 5.10. The van der Waals surface area contributed by atoms with Crippen LogP contribution in [0.3, 0.4) is 0 Å². The van der Waals surface area contributed by atoms with Crippen molar-refractivity contribution in [3.63, 3.8) is 0 Å². The van der Waals surface area contributed by atoms with E-state index in [0.29, 0.717) is 12.4 Å². The van der Waals surface area contributed by atoms with Crippen LogP contribution in [0.1, 0.15) is 24.2 Å². The maximum Gasteiger partial charge on any atom is 0.181 e. The zero-order valence-corrected chi connectivity index (χ0v) is 21.6. The number of likely N-dealkylation sites (tertiary alicyclic amines) is 1. The van der Waals surface area contributed by atoms with Crippen LogP contribution in [0, 0.1) is 0 Å². The fourth-order valence-corrected chi connectivity index (χ4v) is 5.31.